The van der Waals surface area contributed by atoms with Crippen LogP contribution in [0.3, 0.4) is 0 Å². The minimum atomic E-state index is -1.58. The van der Waals surface area contributed by atoms with Gasteiger partial charge >= 0.3 is 17.9 Å². The van der Waals surface area contributed by atoms with Gasteiger partial charge in [-0.15, -0.1) is 0 Å². The van der Waals surface area contributed by atoms with Gasteiger partial charge in [-0.25, -0.2) is 27.6 Å². The second-order valence-corrected chi connectivity index (χ2v) is 9.99. The quantitative estimate of drug-likeness (QED) is 0.288. The lowest BCUT2D eigenvalue weighted by Gasteiger charge is -2.43. The highest BCUT2D eigenvalue weighted by molar-refractivity contribution is 5.89. The molecule has 2 aromatic carbocycles. The molecule has 3 aromatic rings. The predicted octanol–water partition coefficient (Wildman–Crippen LogP) is 5.34. The normalized spacial score (nSPS) is 17.6. The fourth-order valence-electron chi connectivity index (χ4n) is 4.77. The van der Waals surface area contributed by atoms with Crippen LogP contribution in [0.5, 0.6) is 0 Å². The third-order valence-electron chi connectivity index (χ3n) is 6.24. The van der Waals surface area contributed by atoms with Crippen LogP contribution in [0.15, 0.2) is 54.6 Å². The molecular weight excluding hydrogens is 529 g/mol. The molecular formula is C29H29F3N2O6. The summed E-state index contributed by atoms with van der Waals surface area (Å²) in [5.41, 5.74) is 0.829. The number of para-hydroxylation sites is 1. The Bertz CT molecular complexity index is 1450. The van der Waals surface area contributed by atoms with Crippen molar-refractivity contribution in [3.05, 3.63) is 88.6 Å². The number of halogens is 3. The molecule has 4 rings (SSSR count). The Hall–Kier alpha value is -4.38. The zero-order chi connectivity index (χ0) is 29.8. The zero-order valence-corrected chi connectivity index (χ0v) is 22.0. The average molecular weight is 559 g/mol. The number of hydrogen-bond acceptors (Lipinski definition) is 4. The summed E-state index contributed by atoms with van der Waals surface area (Å²) in [5, 5.41) is 25.4. The van der Waals surface area contributed by atoms with E-state index in [0.29, 0.717) is 24.3 Å². The predicted molar refractivity (Wildman–Crippen MR) is 143 cm³/mol. The Morgan fingerprint density at radius 3 is 2.08 bits per heavy atom. The number of carbonyl (C=O) groups is 3. The van der Waals surface area contributed by atoms with Crippen molar-refractivity contribution in [1.82, 2.24) is 9.88 Å². The Balaban J connectivity index is 0.000000482. The number of H-pyrrole nitrogens is 1. The van der Waals surface area contributed by atoms with E-state index >= 15 is 8.78 Å². The number of hydrogen-bond donors (Lipinski definition) is 4. The van der Waals surface area contributed by atoms with E-state index in [4.69, 9.17) is 15.3 Å². The Kier molecular flexibility index (Phi) is 9.21. The first-order valence-electron chi connectivity index (χ1n) is 12.3. The zero-order valence-electron chi connectivity index (χ0n) is 22.0. The molecule has 0 saturated carbocycles. The van der Waals surface area contributed by atoms with E-state index in [1.807, 2.05) is 31.2 Å². The van der Waals surface area contributed by atoms with Gasteiger partial charge in [-0.1, -0.05) is 18.2 Å². The smallest absolute Gasteiger partial charge is 0.328 e. The van der Waals surface area contributed by atoms with Gasteiger partial charge in [0.25, 0.3) is 0 Å². The van der Waals surface area contributed by atoms with Crippen LogP contribution in [-0.2, 0) is 20.8 Å². The summed E-state index contributed by atoms with van der Waals surface area (Å²) >= 11 is 0. The molecule has 1 aliphatic heterocycles. The Labute approximate surface area is 228 Å². The molecule has 0 fully saturated rings. The van der Waals surface area contributed by atoms with E-state index < -0.39 is 41.3 Å². The van der Waals surface area contributed by atoms with Crippen molar-refractivity contribution in [2.75, 3.05) is 6.54 Å². The monoisotopic (exact) mass is 558 g/mol. The summed E-state index contributed by atoms with van der Waals surface area (Å²) in [5.74, 6) is -5.34. The maximum Gasteiger partial charge on any atom is 0.328 e. The van der Waals surface area contributed by atoms with Gasteiger partial charge in [-0.2, -0.15) is 0 Å². The third kappa shape index (κ3) is 7.38. The number of nitrogens with zero attached hydrogens (tertiary/aromatic N) is 1. The van der Waals surface area contributed by atoms with Crippen molar-refractivity contribution >= 4 is 34.9 Å². The minimum Gasteiger partial charge on any atom is -0.478 e. The molecule has 11 heteroatoms. The largest absolute Gasteiger partial charge is 0.478 e. The molecule has 0 bridgehead atoms. The Morgan fingerprint density at radius 2 is 1.55 bits per heavy atom. The van der Waals surface area contributed by atoms with E-state index in [9.17, 15) is 18.8 Å². The average Bonchev–Trinajstić information content (AvgIpc) is 3.20. The van der Waals surface area contributed by atoms with E-state index in [-0.39, 0.29) is 23.7 Å². The number of aromatic amines is 1. The van der Waals surface area contributed by atoms with Gasteiger partial charge < -0.3 is 20.3 Å². The molecule has 0 radical (unpaired) electrons. The number of benzene rings is 2. The third-order valence-corrected chi connectivity index (χ3v) is 6.24. The highest BCUT2D eigenvalue weighted by atomic mass is 19.1. The van der Waals surface area contributed by atoms with Crippen molar-refractivity contribution in [2.24, 2.45) is 0 Å². The highest BCUT2D eigenvalue weighted by Crippen LogP contribution is 2.43. The van der Waals surface area contributed by atoms with Crippen LogP contribution in [0.2, 0.25) is 0 Å². The maximum absolute atomic E-state index is 15.3. The summed E-state index contributed by atoms with van der Waals surface area (Å²) in [4.78, 5) is 35.0. The lowest BCUT2D eigenvalue weighted by Crippen LogP contribution is -2.48. The number of aromatic nitrogens is 1. The molecule has 2 heterocycles. The van der Waals surface area contributed by atoms with Gasteiger partial charge in [0.05, 0.1) is 6.04 Å². The summed E-state index contributed by atoms with van der Waals surface area (Å²) in [6.45, 7) is 4.82. The van der Waals surface area contributed by atoms with Crippen molar-refractivity contribution in [3.8, 4) is 0 Å². The van der Waals surface area contributed by atoms with Crippen LogP contribution in [0.25, 0.3) is 17.0 Å². The SMILES string of the molecule is CC1Cc2c([nH]c3ccccc23)C(c2c(F)cc(/C=C\C(=O)O)cc2F)N1CC(C)(C)F.O=C(O)/C=C/C(=O)O. The molecule has 8 nitrogen and oxygen atoms in total. The van der Waals surface area contributed by atoms with Gasteiger partial charge in [0, 0.05) is 53.0 Å². The first kappa shape index (κ1) is 30.2. The minimum absolute atomic E-state index is 0.00676. The standard InChI is InChI=1S/C25H25F3N2O2.C4H4O4/c1-14-10-17-16-6-4-5-7-20(16)29-23(17)24(30(14)13-25(2,3)28)22-18(26)11-15(12-19(22)27)8-9-21(31)32;5-3(6)1-2-4(7)8/h4-9,11-12,14,24,29H,10,13H2,1-3H3,(H,31,32);1-2H,(H,5,6)(H,7,8)/b9-8-;2-1+. The molecule has 0 amide bonds. The molecule has 2 unspecified atom stereocenters. The van der Waals surface area contributed by atoms with Crippen LogP contribution < -0.4 is 0 Å². The molecule has 0 saturated heterocycles. The second-order valence-electron chi connectivity index (χ2n) is 9.99. The summed E-state index contributed by atoms with van der Waals surface area (Å²) in [6, 6.07) is 8.88. The van der Waals surface area contributed by atoms with Gasteiger partial charge in [-0.05, 0) is 62.6 Å². The lowest BCUT2D eigenvalue weighted by atomic mass is 9.87. The van der Waals surface area contributed by atoms with Gasteiger partial charge in [0.15, 0.2) is 0 Å². The van der Waals surface area contributed by atoms with E-state index in [1.165, 1.54) is 13.8 Å². The molecule has 1 aliphatic rings. The first-order valence-corrected chi connectivity index (χ1v) is 12.3. The number of nitrogens with one attached hydrogen (secondary N) is 1. The fourth-order valence-corrected chi connectivity index (χ4v) is 4.77. The molecule has 212 valence electrons. The molecule has 2 atom stereocenters. The Morgan fingerprint density at radius 1 is 1.00 bits per heavy atom. The highest BCUT2D eigenvalue weighted by Gasteiger charge is 2.40. The topological polar surface area (TPSA) is 131 Å². The molecule has 40 heavy (non-hydrogen) atoms. The molecule has 4 N–H and O–H groups in total. The van der Waals surface area contributed by atoms with E-state index in [1.54, 1.807) is 4.90 Å². The number of alkyl halides is 1. The van der Waals surface area contributed by atoms with Gasteiger partial charge in [0.2, 0.25) is 0 Å². The number of aliphatic carboxylic acids is 3. The van der Waals surface area contributed by atoms with E-state index in [0.717, 1.165) is 40.8 Å². The van der Waals surface area contributed by atoms with Crippen molar-refractivity contribution in [1.29, 1.82) is 0 Å². The molecule has 1 aromatic heterocycles. The lowest BCUT2D eigenvalue weighted by molar-refractivity contribution is -0.134. The fraction of sp³-hybridized carbons (Fsp3) is 0.276. The first-order chi connectivity index (χ1) is 18.7. The number of fused-ring (bicyclic) bond motifs is 3. The number of carboxylic acid groups (broad SMARTS) is 3. The summed E-state index contributed by atoms with van der Waals surface area (Å²) in [7, 11) is 0. The van der Waals surface area contributed by atoms with Crippen LogP contribution in [-0.4, -0.2) is 61.4 Å². The van der Waals surface area contributed by atoms with Crippen LogP contribution in [0, 0.1) is 11.6 Å². The van der Waals surface area contributed by atoms with Crippen molar-refractivity contribution in [3.63, 3.8) is 0 Å². The van der Waals surface area contributed by atoms with Crippen molar-refractivity contribution in [2.45, 2.75) is 44.9 Å². The van der Waals surface area contributed by atoms with Crippen LogP contribution >= 0.6 is 0 Å². The van der Waals surface area contributed by atoms with Crippen LogP contribution in [0.1, 0.15) is 49.2 Å². The van der Waals surface area contributed by atoms with Gasteiger partial charge in [-0.3, -0.25) is 4.90 Å². The maximum atomic E-state index is 15.3. The van der Waals surface area contributed by atoms with Gasteiger partial charge in [0.1, 0.15) is 17.3 Å². The second kappa shape index (κ2) is 12.2. The molecule has 0 aliphatic carbocycles. The number of carboxylic acids is 3. The van der Waals surface area contributed by atoms with E-state index in [2.05, 4.69) is 4.98 Å². The number of rotatable bonds is 7. The summed E-state index contributed by atoms with van der Waals surface area (Å²) in [6.07, 6.45) is 3.70. The molecule has 0 spiro atoms. The van der Waals surface area contributed by atoms with Crippen molar-refractivity contribution < 1.29 is 42.9 Å². The summed E-state index contributed by atoms with van der Waals surface area (Å²) < 4.78 is 45.4. The van der Waals surface area contributed by atoms with Crippen LogP contribution in [0.4, 0.5) is 13.2 Å².